The minimum Gasteiger partial charge on any atom is -0.497 e. The van der Waals surface area contributed by atoms with Crippen LogP contribution < -0.4 is 9.47 Å². The molecule has 4 rings (SSSR count). The van der Waals surface area contributed by atoms with E-state index < -0.39 is 10.1 Å². The molecule has 0 saturated carbocycles. The van der Waals surface area contributed by atoms with Crippen LogP contribution in [0, 0.1) is 0 Å². The van der Waals surface area contributed by atoms with Gasteiger partial charge in [0.2, 0.25) is 5.82 Å². The Labute approximate surface area is 177 Å². The van der Waals surface area contributed by atoms with Gasteiger partial charge in [0, 0.05) is 12.6 Å². The van der Waals surface area contributed by atoms with Gasteiger partial charge in [-0.15, -0.1) is 0 Å². The summed E-state index contributed by atoms with van der Waals surface area (Å²) in [6, 6.07) is 12.8. The zero-order valence-electron chi connectivity index (χ0n) is 16.6. The third-order valence-electron chi connectivity index (χ3n) is 4.54. The molecule has 0 aliphatic rings. The molecule has 2 heterocycles. The second kappa shape index (κ2) is 8.20. The number of methoxy groups -OCH3 is 1. The first-order chi connectivity index (χ1) is 14.8. The molecule has 0 radical (unpaired) electrons. The van der Waals surface area contributed by atoms with Gasteiger partial charge in [0.15, 0.2) is 0 Å². The largest absolute Gasteiger partial charge is 0.497 e. The van der Waals surface area contributed by atoms with Crippen LogP contribution in [0.4, 0.5) is 0 Å². The molecule has 0 aliphatic carbocycles. The Morgan fingerprint density at radius 2 is 1.87 bits per heavy atom. The predicted molar refractivity (Wildman–Crippen MR) is 109 cm³/mol. The normalized spacial score (nSPS) is 11.5. The van der Waals surface area contributed by atoms with Gasteiger partial charge in [-0.25, -0.2) is 0 Å². The van der Waals surface area contributed by atoms with Crippen molar-refractivity contribution >= 4 is 10.1 Å². The monoisotopic (exact) mass is 442 g/mol. The number of aromatic nitrogens is 4. The minimum atomic E-state index is -4.34. The van der Waals surface area contributed by atoms with E-state index in [4.69, 9.17) is 14.0 Å². The molecule has 0 bridgehead atoms. The average Bonchev–Trinajstić information content (AvgIpc) is 3.39. The van der Waals surface area contributed by atoms with Crippen molar-refractivity contribution in [3.05, 3.63) is 60.4 Å². The van der Waals surface area contributed by atoms with Gasteiger partial charge in [-0.3, -0.25) is 9.23 Å². The molecule has 0 spiro atoms. The molecule has 0 atom stereocenters. The van der Waals surface area contributed by atoms with E-state index in [1.807, 2.05) is 0 Å². The molecule has 0 unspecified atom stereocenters. The first kappa shape index (κ1) is 20.6. The molecule has 0 aliphatic heterocycles. The summed E-state index contributed by atoms with van der Waals surface area (Å²) >= 11 is 0. The Bertz CT molecular complexity index is 1310. The van der Waals surface area contributed by atoms with Crippen LogP contribution in [0.25, 0.3) is 22.8 Å². The van der Waals surface area contributed by atoms with E-state index in [2.05, 4.69) is 15.2 Å². The molecule has 10 nitrogen and oxygen atoms in total. The van der Waals surface area contributed by atoms with Gasteiger partial charge in [0.1, 0.15) is 18.1 Å². The van der Waals surface area contributed by atoms with Crippen molar-refractivity contribution in [2.75, 3.05) is 7.11 Å². The van der Waals surface area contributed by atoms with Gasteiger partial charge < -0.3 is 14.0 Å². The maximum atomic E-state index is 11.4. The van der Waals surface area contributed by atoms with E-state index in [9.17, 15) is 13.0 Å². The van der Waals surface area contributed by atoms with E-state index in [1.165, 1.54) is 18.2 Å². The molecular formula is C20H18N4O6S. The van der Waals surface area contributed by atoms with Crippen molar-refractivity contribution < 1.29 is 27.0 Å². The van der Waals surface area contributed by atoms with Gasteiger partial charge in [-0.2, -0.15) is 18.5 Å². The molecule has 2 aromatic carbocycles. The molecular weight excluding hydrogens is 424 g/mol. The summed E-state index contributed by atoms with van der Waals surface area (Å²) in [4.78, 5) is 4.09. The standard InChI is InChI=1S/C20H18N4O6S/c1-24-18(12-29-15-8-6-14(28-2)7-9-15)17(11-21-24)20-22-19(23-30-20)13-4-3-5-16(10-13)31(25,26)27/h3-11H,12H2,1-2H3,(H,25,26,27). The van der Waals surface area contributed by atoms with Gasteiger partial charge >= 0.3 is 0 Å². The zero-order chi connectivity index (χ0) is 22.0. The van der Waals surface area contributed by atoms with E-state index in [1.54, 1.807) is 55.4 Å². The lowest BCUT2D eigenvalue weighted by molar-refractivity contribution is 0.294. The molecule has 31 heavy (non-hydrogen) atoms. The Balaban J connectivity index is 1.58. The van der Waals surface area contributed by atoms with E-state index in [0.717, 1.165) is 5.75 Å². The Kier molecular flexibility index (Phi) is 5.44. The number of benzene rings is 2. The van der Waals surface area contributed by atoms with Gasteiger partial charge in [0.25, 0.3) is 16.0 Å². The number of rotatable bonds is 7. The maximum absolute atomic E-state index is 11.4. The second-order valence-electron chi connectivity index (χ2n) is 6.52. The number of ether oxygens (including phenoxy) is 2. The van der Waals surface area contributed by atoms with Crippen LogP contribution >= 0.6 is 0 Å². The topological polar surface area (TPSA) is 130 Å². The highest BCUT2D eigenvalue weighted by molar-refractivity contribution is 7.85. The molecule has 0 fully saturated rings. The molecule has 160 valence electrons. The molecule has 2 aromatic heterocycles. The van der Waals surface area contributed by atoms with Crippen molar-refractivity contribution in [2.24, 2.45) is 7.05 Å². The highest BCUT2D eigenvalue weighted by atomic mass is 32.2. The summed E-state index contributed by atoms with van der Waals surface area (Å²) in [5.74, 6) is 1.76. The van der Waals surface area contributed by atoms with Crippen LogP contribution in [-0.2, 0) is 23.8 Å². The van der Waals surface area contributed by atoms with Crippen molar-refractivity contribution in [1.82, 2.24) is 19.9 Å². The lowest BCUT2D eigenvalue weighted by Gasteiger charge is -2.08. The van der Waals surface area contributed by atoms with Crippen LogP contribution in [0.5, 0.6) is 11.5 Å². The lowest BCUT2D eigenvalue weighted by Crippen LogP contribution is -2.04. The Morgan fingerprint density at radius 3 is 2.58 bits per heavy atom. The van der Waals surface area contributed by atoms with Gasteiger partial charge in [-0.1, -0.05) is 17.3 Å². The fourth-order valence-electron chi connectivity index (χ4n) is 2.88. The molecule has 0 saturated heterocycles. The third kappa shape index (κ3) is 4.42. The Hall–Kier alpha value is -3.70. The van der Waals surface area contributed by atoms with Crippen LogP contribution in [0.1, 0.15) is 5.69 Å². The van der Waals surface area contributed by atoms with Crippen LogP contribution in [0.3, 0.4) is 0 Å². The van der Waals surface area contributed by atoms with Crippen LogP contribution in [0.15, 0.2) is 64.1 Å². The Morgan fingerprint density at radius 1 is 1.13 bits per heavy atom. The van der Waals surface area contributed by atoms with E-state index >= 15 is 0 Å². The highest BCUT2D eigenvalue weighted by Gasteiger charge is 2.19. The molecule has 0 amide bonds. The van der Waals surface area contributed by atoms with Crippen molar-refractivity contribution in [1.29, 1.82) is 0 Å². The molecule has 4 aromatic rings. The number of nitrogens with zero attached hydrogens (tertiary/aromatic N) is 4. The lowest BCUT2D eigenvalue weighted by atomic mass is 10.2. The van der Waals surface area contributed by atoms with Crippen LogP contribution in [0.2, 0.25) is 0 Å². The summed E-state index contributed by atoms with van der Waals surface area (Å²) in [5, 5.41) is 8.16. The summed E-state index contributed by atoms with van der Waals surface area (Å²) in [7, 11) is -0.985. The number of aryl methyl sites for hydroxylation is 1. The first-order valence-corrected chi connectivity index (χ1v) is 10.5. The zero-order valence-corrected chi connectivity index (χ0v) is 17.4. The number of hydrogen-bond donors (Lipinski definition) is 1. The summed E-state index contributed by atoms with van der Waals surface area (Å²) < 4.78 is 50.0. The van der Waals surface area contributed by atoms with Crippen molar-refractivity contribution in [3.8, 4) is 34.3 Å². The predicted octanol–water partition coefficient (Wildman–Crippen LogP) is 2.97. The van der Waals surface area contributed by atoms with Crippen LogP contribution in [-0.4, -0.2) is 40.0 Å². The molecule has 1 N–H and O–H groups in total. The molecule has 11 heteroatoms. The van der Waals surface area contributed by atoms with Crippen molar-refractivity contribution in [3.63, 3.8) is 0 Å². The van der Waals surface area contributed by atoms with Gasteiger partial charge in [0.05, 0.1) is 29.5 Å². The highest BCUT2D eigenvalue weighted by Crippen LogP contribution is 2.27. The SMILES string of the molecule is COc1ccc(OCc2c(-c3nc(-c4cccc(S(=O)(=O)O)c4)no3)cnn2C)cc1. The maximum Gasteiger partial charge on any atom is 0.294 e. The number of hydrogen-bond acceptors (Lipinski definition) is 8. The van der Waals surface area contributed by atoms with Crippen molar-refractivity contribution in [2.45, 2.75) is 11.5 Å². The summed E-state index contributed by atoms with van der Waals surface area (Å²) in [6.07, 6.45) is 1.58. The van der Waals surface area contributed by atoms with Gasteiger partial charge in [-0.05, 0) is 36.4 Å². The van der Waals surface area contributed by atoms with E-state index in [0.29, 0.717) is 22.6 Å². The second-order valence-corrected chi connectivity index (χ2v) is 7.94. The fraction of sp³-hybridized carbons (Fsp3) is 0.150. The first-order valence-electron chi connectivity index (χ1n) is 9.05. The summed E-state index contributed by atoms with van der Waals surface area (Å²) in [6.45, 7) is 0.202. The fourth-order valence-corrected chi connectivity index (χ4v) is 3.41. The third-order valence-corrected chi connectivity index (χ3v) is 5.39. The van der Waals surface area contributed by atoms with E-state index in [-0.39, 0.29) is 23.2 Å². The quantitative estimate of drug-likeness (QED) is 0.429. The summed E-state index contributed by atoms with van der Waals surface area (Å²) in [5.41, 5.74) is 1.67. The average molecular weight is 442 g/mol. The minimum absolute atomic E-state index is 0.173. The smallest absolute Gasteiger partial charge is 0.294 e.